The summed E-state index contributed by atoms with van der Waals surface area (Å²) in [6, 6.07) is 7.98. The van der Waals surface area contributed by atoms with Gasteiger partial charge in [0.15, 0.2) is 0 Å². The minimum Gasteiger partial charge on any atom is -0.411 e. The zero-order chi connectivity index (χ0) is 16.5. The van der Waals surface area contributed by atoms with Gasteiger partial charge in [-0.1, -0.05) is 6.07 Å². The molecule has 118 valence electrons. The molecule has 0 amide bonds. The second-order valence-corrected chi connectivity index (χ2v) is 6.44. The summed E-state index contributed by atoms with van der Waals surface area (Å²) < 4.78 is 5.59. The molecule has 0 radical (unpaired) electrons. The highest BCUT2D eigenvalue weighted by Gasteiger charge is 2.15. The van der Waals surface area contributed by atoms with Gasteiger partial charge in [-0.25, -0.2) is 9.97 Å². The van der Waals surface area contributed by atoms with E-state index in [1.54, 1.807) is 12.1 Å². The lowest BCUT2D eigenvalue weighted by Crippen LogP contribution is -1.88. The monoisotopic (exact) mass is 357 g/mol. The number of nitrogens with zero attached hydrogens (tertiary/aromatic N) is 5. The Kier molecular flexibility index (Phi) is 3.67. The van der Waals surface area contributed by atoms with Crippen LogP contribution >= 0.6 is 23.1 Å². The summed E-state index contributed by atoms with van der Waals surface area (Å²) in [5.74, 6) is 0.219. The van der Waals surface area contributed by atoms with Crippen molar-refractivity contribution in [2.45, 2.75) is 10.2 Å². The van der Waals surface area contributed by atoms with Crippen LogP contribution < -0.4 is 0 Å². The average molecular weight is 357 g/mol. The number of fused-ring (bicyclic) bond motifs is 1. The van der Waals surface area contributed by atoms with Gasteiger partial charge >= 0.3 is 0 Å². The highest BCUT2D eigenvalue weighted by molar-refractivity contribution is 7.99. The van der Waals surface area contributed by atoms with Crippen molar-refractivity contribution < 1.29 is 9.34 Å². The van der Waals surface area contributed by atoms with Gasteiger partial charge in [0.25, 0.3) is 10.9 Å². The number of thiophene rings is 1. The molecule has 0 atom stereocenters. The van der Waals surface area contributed by atoms with Crippen LogP contribution in [-0.2, 0) is 0 Å². The zero-order valence-corrected chi connectivity index (χ0v) is 13.5. The third-order valence-electron chi connectivity index (χ3n) is 3.12. The number of non-ortho nitro benzene ring substituents is 1. The smallest absolute Gasteiger partial charge is 0.283 e. The molecule has 0 aliphatic heterocycles. The zero-order valence-electron chi connectivity index (χ0n) is 11.8. The minimum atomic E-state index is -0.469. The first-order valence-corrected chi connectivity index (χ1v) is 8.35. The van der Waals surface area contributed by atoms with E-state index >= 15 is 0 Å². The number of hydrogen-bond donors (Lipinski definition) is 0. The maximum absolute atomic E-state index is 10.9. The number of benzene rings is 1. The summed E-state index contributed by atoms with van der Waals surface area (Å²) in [6.07, 6.45) is 1.49. The van der Waals surface area contributed by atoms with Crippen LogP contribution in [0.3, 0.4) is 0 Å². The molecular weight excluding hydrogens is 350 g/mol. The number of nitro groups is 1. The molecule has 0 N–H and O–H groups in total. The van der Waals surface area contributed by atoms with E-state index in [-0.39, 0.29) is 11.6 Å². The molecule has 3 heterocycles. The van der Waals surface area contributed by atoms with E-state index in [0.29, 0.717) is 10.8 Å². The van der Waals surface area contributed by atoms with Crippen LogP contribution in [0.2, 0.25) is 0 Å². The minimum absolute atomic E-state index is 0.0318. The summed E-state index contributed by atoms with van der Waals surface area (Å²) in [4.78, 5) is 19.7. The van der Waals surface area contributed by atoms with Gasteiger partial charge in [-0.3, -0.25) is 10.1 Å². The molecule has 0 aliphatic rings. The SMILES string of the molecule is O=[N+]([O-])c1cccc(-c2nnc(Sc3ncnc4sccc34)o2)c1. The average Bonchev–Trinajstić information content (AvgIpc) is 3.24. The van der Waals surface area contributed by atoms with Crippen molar-refractivity contribution in [3.05, 3.63) is 52.2 Å². The molecule has 0 bridgehead atoms. The fourth-order valence-electron chi connectivity index (χ4n) is 2.05. The normalized spacial score (nSPS) is 11.0. The van der Waals surface area contributed by atoms with Crippen molar-refractivity contribution in [1.29, 1.82) is 0 Å². The Hall–Kier alpha value is -2.85. The highest BCUT2D eigenvalue weighted by Crippen LogP contribution is 2.33. The molecule has 0 saturated carbocycles. The lowest BCUT2D eigenvalue weighted by Gasteiger charge is -1.97. The van der Waals surface area contributed by atoms with Crippen LogP contribution in [0.1, 0.15) is 0 Å². The van der Waals surface area contributed by atoms with Gasteiger partial charge in [0, 0.05) is 23.1 Å². The summed E-state index contributed by atoms with van der Waals surface area (Å²) in [7, 11) is 0. The summed E-state index contributed by atoms with van der Waals surface area (Å²) >= 11 is 2.75. The number of rotatable bonds is 4. The van der Waals surface area contributed by atoms with Crippen molar-refractivity contribution in [3.63, 3.8) is 0 Å². The number of hydrogen-bond acceptors (Lipinski definition) is 9. The predicted molar refractivity (Wildman–Crippen MR) is 87.9 cm³/mol. The molecule has 4 aromatic rings. The predicted octanol–water partition coefficient (Wildman–Crippen LogP) is 3.80. The van der Waals surface area contributed by atoms with E-state index in [1.807, 2.05) is 11.4 Å². The molecule has 0 spiro atoms. The molecule has 3 aromatic heterocycles. The molecule has 4 rings (SSSR count). The van der Waals surface area contributed by atoms with Crippen molar-refractivity contribution in [1.82, 2.24) is 20.2 Å². The second-order valence-electron chi connectivity index (χ2n) is 4.60. The van der Waals surface area contributed by atoms with Crippen LogP contribution in [-0.4, -0.2) is 25.1 Å². The maximum atomic E-state index is 10.9. The molecule has 8 nitrogen and oxygen atoms in total. The molecule has 0 fully saturated rings. The van der Waals surface area contributed by atoms with Crippen LogP contribution in [0.15, 0.2) is 56.7 Å². The Labute approximate surface area is 142 Å². The molecule has 0 aliphatic carbocycles. The largest absolute Gasteiger partial charge is 0.411 e. The first-order valence-electron chi connectivity index (χ1n) is 6.65. The fraction of sp³-hybridized carbons (Fsp3) is 0. The van der Waals surface area contributed by atoms with Gasteiger partial charge in [-0.15, -0.1) is 21.5 Å². The van der Waals surface area contributed by atoms with Crippen molar-refractivity contribution in [3.8, 4) is 11.5 Å². The number of aromatic nitrogens is 4. The molecule has 1 aromatic carbocycles. The lowest BCUT2D eigenvalue weighted by atomic mass is 10.2. The van der Waals surface area contributed by atoms with Gasteiger partial charge in [0.05, 0.1) is 4.92 Å². The van der Waals surface area contributed by atoms with Crippen LogP contribution in [0.4, 0.5) is 5.69 Å². The van der Waals surface area contributed by atoms with Crippen molar-refractivity contribution in [2.24, 2.45) is 0 Å². The third-order valence-corrected chi connectivity index (χ3v) is 4.80. The van der Waals surface area contributed by atoms with E-state index in [1.165, 1.54) is 41.6 Å². The molecular formula is C14H7N5O3S2. The second kappa shape index (κ2) is 5.98. The molecule has 24 heavy (non-hydrogen) atoms. The summed E-state index contributed by atoms with van der Waals surface area (Å²) in [5.41, 5.74) is 0.461. The van der Waals surface area contributed by atoms with Gasteiger partial charge in [0.2, 0.25) is 5.89 Å². The highest BCUT2D eigenvalue weighted by atomic mass is 32.2. The van der Waals surface area contributed by atoms with E-state index in [4.69, 9.17) is 4.42 Å². The first-order chi connectivity index (χ1) is 11.7. The van der Waals surface area contributed by atoms with Gasteiger partial charge in [-0.2, -0.15) is 0 Å². The molecule has 0 unspecified atom stereocenters. The van der Waals surface area contributed by atoms with Crippen LogP contribution in [0, 0.1) is 10.1 Å². The van der Waals surface area contributed by atoms with Crippen molar-refractivity contribution in [2.75, 3.05) is 0 Å². The third kappa shape index (κ3) is 2.72. The Bertz CT molecular complexity index is 1050. The van der Waals surface area contributed by atoms with E-state index in [2.05, 4.69) is 20.2 Å². The summed E-state index contributed by atoms with van der Waals surface area (Å²) in [6.45, 7) is 0. The molecule has 10 heteroatoms. The first kappa shape index (κ1) is 14.7. The summed E-state index contributed by atoms with van der Waals surface area (Å²) in [5, 5.41) is 22.7. The van der Waals surface area contributed by atoms with Gasteiger partial charge in [-0.05, 0) is 29.3 Å². The Morgan fingerprint density at radius 3 is 3.00 bits per heavy atom. The topological polar surface area (TPSA) is 108 Å². The Balaban J connectivity index is 1.64. The van der Waals surface area contributed by atoms with Gasteiger partial charge in [0.1, 0.15) is 16.2 Å². The van der Waals surface area contributed by atoms with Gasteiger partial charge < -0.3 is 4.42 Å². The fourth-order valence-corrected chi connectivity index (χ4v) is 3.59. The van der Waals surface area contributed by atoms with Crippen LogP contribution in [0.5, 0.6) is 0 Å². The van der Waals surface area contributed by atoms with E-state index in [9.17, 15) is 10.1 Å². The Morgan fingerprint density at radius 1 is 1.21 bits per heavy atom. The lowest BCUT2D eigenvalue weighted by molar-refractivity contribution is -0.384. The van der Waals surface area contributed by atoms with Crippen LogP contribution in [0.25, 0.3) is 21.7 Å². The maximum Gasteiger partial charge on any atom is 0.283 e. The Morgan fingerprint density at radius 2 is 2.12 bits per heavy atom. The standard InChI is InChI=1S/C14H7N5O3S2/c20-19(21)9-3-1-2-8(6-9)11-17-18-14(22-11)24-13-10-4-5-23-12(10)15-7-16-13/h1-7H. The number of nitro benzene ring substituents is 1. The van der Waals surface area contributed by atoms with E-state index in [0.717, 1.165) is 15.2 Å². The molecule has 0 saturated heterocycles. The van der Waals surface area contributed by atoms with Crippen molar-refractivity contribution >= 4 is 39.0 Å². The van der Waals surface area contributed by atoms with E-state index < -0.39 is 4.92 Å². The quantitative estimate of drug-likeness (QED) is 0.308.